The SMILES string of the molecule is CC(C)c1ccccc1O[C@@H](C)C(=O)Nc1cc(Cl)cc(Cl)c1. The molecule has 3 nitrogen and oxygen atoms in total. The largest absolute Gasteiger partial charge is 0.481 e. The minimum atomic E-state index is -0.646. The normalized spacial score (nSPS) is 12.1. The Kier molecular flexibility index (Phi) is 5.91. The molecule has 0 spiro atoms. The Morgan fingerprint density at radius 2 is 1.65 bits per heavy atom. The number of benzene rings is 2. The number of ether oxygens (including phenoxy) is 1. The molecule has 0 saturated carbocycles. The molecule has 0 bridgehead atoms. The van der Waals surface area contributed by atoms with Gasteiger partial charge in [0.05, 0.1) is 0 Å². The quantitative estimate of drug-likeness (QED) is 0.769. The molecule has 0 unspecified atom stereocenters. The number of carbonyl (C=O) groups excluding carboxylic acids is 1. The van der Waals surface area contributed by atoms with Gasteiger partial charge in [0.25, 0.3) is 5.91 Å². The van der Waals surface area contributed by atoms with E-state index in [1.165, 1.54) is 0 Å². The predicted octanol–water partition coefficient (Wildman–Crippen LogP) is 5.52. The summed E-state index contributed by atoms with van der Waals surface area (Å²) in [6, 6.07) is 12.6. The van der Waals surface area contributed by atoms with E-state index in [4.69, 9.17) is 27.9 Å². The van der Waals surface area contributed by atoms with Crippen LogP contribution in [0.25, 0.3) is 0 Å². The van der Waals surface area contributed by atoms with Crippen molar-refractivity contribution in [3.05, 3.63) is 58.1 Å². The van der Waals surface area contributed by atoms with Crippen LogP contribution in [0.15, 0.2) is 42.5 Å². The highest BCUT2D eigenvalue weighted by Crippen LogP contribution is 2.27. The number of halogens is 2. The van der Waals surface area contributed by atoms with Crippen LogP contribution < -0.4 is 10.1 Å². The molecular weight excluding hydrogens is 333 g/mol. The average Bonchev–Trinajstić information content (AvgIpc) is 2.46. The van der Waals surface area contributed by atoms with Gasteiger partial charge in [-0.05, 0) is 42.7 Å². The van der Waals surface area contributed by atoms with Crippen molar-refractivity contribution in [1.82, 2.24) is 0 Å². The number of amides is 1. The lowest BCUT2D eigenvalue weighted by molar-refractivity contribution is -0.122. The highest BCUT2D eigenvalue weighted by molar-refractivity contribution is 6.35. The van der Waals surface area contributed by atoms with Crippen molar-refractivity contribution in [3.8, 4) is 5.75 Å². The topological polar surface area (TPSA) is 38.3 Å². The molecule has 122 valence electrons. The summed E-state index contributed by atoms with van der Waals surface area (Å²) in [6.45, 7) is 5.88. The summed E-state index contributed by atoms with van der Waals surface area (Å²) >= 11 is 11.9. The third-order valence-electron chi connectivity index (χ3n) is 3.34. The molecule has 0 heterocycles. The summed E-state index contributed by atoms with van der Waals surface area (Å²) in [5, 5.41) is 3.69. The van der Waals surface area contributed by atoms with Crippen LogP contribution in [0, 0.1) is 0 Å². The number of anilines is 1. The first-order valence-electron chi connectivity index (χ1n) is 7.39. The van der Waals surface area contributed by atoms with Crippen LogP contribution in [0.2, 0.25) is 10.0 Å². The summed E-state index contributed by atoms with van der Waals surface area (Å²) in [6.07, 6.45) is -0.646. The number of para-hydroxylation sites is 1. The second kappa shape index (κ2) is 7.71. The summed E-state index contributed by atoms with van der Waals surface area (Å²) in [7, 11) is 0. The summed E-state index contributed by atoms with van der Waals surface area (Å²) in [5.74, 6) is 0.768. The standard InChI is InChI=1S/C18H19Cl2NO2/c1-11(2)16-6-4-5-7-17(16)23-12(3)18(22)21-15-9-13(19)8-14(20)10-15/h4-12H,1-3H3,(H,21,22)/t12-/m0/s1. The molecule has 2 aromatic rings. The zero-order valence-corrected chi connectivity index (χ0v) is 14.8. The van der Waals surface area contributed by atoms with E-state index in [9.17, 15) is 4.79 Å². The Labute approximate surface area is 146 Å². The highest BCUT2D eigenvalue weighted by atomic mass is 35.5. The van der Waals surface area contributed by atoms with E-state index in [-0.39, 0.29) is 5.91 Å². The maximum absolute atomic E-state index is 12.3. The smallest absolute Gasteiger partial charge is 0.265 e. The van der Waals surface area contributed by atoms with Crippen molar-refractivity contribution in [2.75, 3.05) is 5.32 Å². The molecular formula is C18H19Cl2NO2. The van der Waals surface area contributed by atoms with E-state index in [0.717, 1.165) is 5.56 Å². The molecule has 1 amide bonds. The van der Waals surface area contributed by atoms with Crippen LogP contribution in [0.5, 0.6) is 5.75 Å². The van der Waals surface area contributed by atoms with E-state index < -0.39 is 6.10 Å². The summed E-state index contributed by atoms with van der Waals surface area (Å²) < 4.78 is 5.82. The zero-order chi connectivity index (χ0) is 17.0. The molecule has 2 rings (SSSR count). The molecule has 5 heteroatoms. The Morgan fingerprint density at radius 3 is 2.26 bits per heavy atom. The summed E-state index contributed by atoms with van der Waals surface area (Å²) in [5.41, 5.74) is 1.61. The molecule has 0 aliphatic carbocycles. The van der Waals surface area contributed by atoms with Crippen molar-refractivity contribution >= 4 is 34.8 Å². The van der Waals surface area contributed by atoms with Gasteiger partial charge in [-0.25, -0.2) is 0 Å². The zero-order valence-electron chi connectivity index (χ0n) is 13.3. The van der Waals surface area contributed by atoms with E-state index in [1.807, 2.05) is 24.3 Å². The van der Waals surface area contributed by atoms with Gasteiger partial charge in [0.15, 0.2) is 6.10 Å². The number of carbonyl (C=O) groups is 1. The lowest BCUT2D eigenvalue weighted by Gasteiger charge is -2.18. The number of nitrogens with one attached hydrogen (secondary N) is 1. The van der Waals surface area contributed by atoms with Crippen molar-refractivity contribution in [2.45, 2.75) is 32.8 Å². The highest BCUT2D eigenvalue weighted by Gasteiger charge is 2.17. The Morgan fingerprint density at radius 1 is 1.04 bits per heavy atom. The number of hydrogen-bond acceptors (Lipinski definition) is 2. The molecule has 0 aliphatic heterocycles. The Balaban J connectivity index is 2.08. The molecule has 0 aromatic heterocycles. The van der Waals surface area contributed by atoms with E-state index in [0.29, 0.717) is 27.4 Å². The molecule has 1 N–H and O–H groups in total. The van der Waals surface area contributed by atoms with Crippen LogP contribution in [0.3, 0.4) is 0 Å². The van der Waals surface area contributed by atoms with Gasteiger partial charge in [-0.2, -0.15) is 0 Å². The molecule has 0 radical (unpaired) electrons. The van der Waals surface area contributed by atoms with Gasteiger partial charge < -0.3 is 10.1 Å². The van der Waals surface area contributed by atoms with Crippen LogP contribution in [-0.4, -0.2) is 12.0 Å². The molecule has 0 aliphatic rings. The first-order valence-corrected chi connectivity index (χ1v) is 8.15. The van der Waals surface area contributed by atoms with Crippen molar-refractivity contribution in [1.29, 1.82) is 0 Å². The van der Waals surface area contributed by atoms with Gasteiger partial charge in [-0.3, -0.25) is 4.79 Å². The van der Waals surface area contributed by atoms with Gasteiger partial charge in [0.2, 0.25) is 0 Å². The fraction of sp³-hybridized carbons (Fsp3) is 0.278. The van der Waals surface area contributed by atoms with Gasteiger partial charge in [0.1, 0.15) is 5.75 Å². The second-order valence-electron chi connectivity index (χ2n) is 5.60. The molecule has 23 heavy (non-hydrogen) atoms. The van der Waals surface area contributed by atoms with Gasteiger partial charge in [-0.15, -0.1) is 0 Å². The van der Waals surface area contributed by atoms with Crippen LogP contribution >= 0.6 is 23.2 Å². The third-order valence-corrected chi connectivity index (χ3v) is 3.78. The van der Waals surface area contributed by atoms with Crippen LogP contribution in [0.4, 0.5) is 5.69 Å². The van der Waals surface area contributed by atoms with Gasteiger partial charge >= 0.3 is 0 Å². The second-order valence-corrected chi connectivity index (χ2v) is 6.47. The first kappa shape index (κ1) is 17.6. The minimum Gasteiger partial charge on any atom is -0.481 e. The fourth-order valence-electron chi connectivity index (χ4n) is 2.18. The fourth-order valence-corrected chi connectivity index (χ4v) is 2.70. The van der Waals surface area contributed by atoms with E-state index in [2.05, 4.69) is 19.2 Å². The van der Waals surface area contributed by atoms with Crippen LogP contribution in [-0.2, 0) is 4.79 Å². The molecule has 1 atom stereocenters. The minimum absolute atomic E-state index is 0.262. The molecule has 0 saturated heterocycles. The maximum atomic E-state index is 12.3. The lowest BCUT2D eigenvalue weighted by atomic mass is 10.0. The predicted molar refractivity (Wildman–Crippen MR) is 95.7 cm³/mol. The number of hydrogen-bond donors (Lipinski definition) is 1. The van der Waals surface area contributed by atoms with Gasteiger partial charge in [-0.1, -0.05) is 55.2 Å². The van der Waals surface area contributed by atoms with Gasteiger partial charge in [0, 0.05) is 15.7 Å². The van der Waals surface area contributed by atoms with Crippen molar-refractivity contribution in [3.63, 3.8) is 0 Å². The number of rotatable bonds is 5. The molecule has 0 fully saturated rings. The Bertz CT molecular complexity index is 681. The van der Waals surface area contributed by atoms with E-state index in [1.54, 1.807) is 25.1 Å². The maximum Gasteiger partial charge on any atom is 0.265 e. The van der Waals surface area contributed by atoms with E-state index >= 15 is 0 Å². The van der Waals surface area contributed by atoms with Crippen molar-refractivity contribution in [2.24, 2.45) is 0 Å². The first-order chi connectivity index (χ1) is 10.9. The van der Waals surface area contributed by atoms with Crippen LogP contribution in [0.1, 0.15) is 32.3 Å². The Hall–Kier alpha value is -1.71. The lowest BCUT2D eigenvalue weighted by Crippen LogP contribution is -2.30. The average molecular weight is 352 g/mol. The summed E-state index contributed by atoms with van der Waals surface area (Å²) in [4.78, 5) is 12.3. The third kappa shape index (κ3) is 4.88. The monoisotopic (exact) mass is 351 g/mol. The van der Waals surface area contributed by atoms with Crippen molar-refractivity contribution < 1.29 is 9.53 Å². The molecule has 2 aromatic carbocycles.